The maximum absolute atomic E-state index is 13.0. The molecule has 0 saturated heterocycles. The number of halogens is 4. The predicted molar refractivity (Wildman–Crippen MR) is 109 cm³/mol. The summed E-state index contributed by atoms with van der Waals surface area (Å²) in [6.45, 7) is 0. The molecule has 0 aliphatic rings. The molecule has 3 aromatic heterocycles. The van der Waals surface area contributed by atoms with Crippen LogP contribution >= 0.6 is 22.6 Å². The van der Waals surface area contributed by atoms with Crippen LogP contribution in [0.4, 0.5) is 13.2 Å². The predicted octanol–water partition coefficient (Wildman–Crippen LogP) is 4.30. The fourth-order valence-corrected chi connectivity index (χ4v) is 5.70. The number of aromatic nitrogens is 4. The van der Waals surface area contributed by atoms with Gasteiger partial charge in [0.2, 0.25) is 0 Å². The van der Waals surface area contributed by atoms with Gasteiger partial charge in [0.05, 0.1) is 31.0 Å². The Morgan fingerprint density at radius 2 is 1.72 bits per heavy atom. The van der Waals surface area contributed by atoms with Crippen LogP contribution in [0.5, 0.6) is 0 Å². The Morgan fingerprint density at radius 3 is 2.34 bits per heavy atom. The van der Waals surface area contributed by atoms with Gasteiger partial charge in [0.15, 0.2) is 5.69 Å². The molecule has 6 nitrogen and oxygen atoms in total. The van der Waals surface area contributed by atoms with Gasteiger partial charge in [0, 0.05) is 7.05 Å². The standard InChI is InChI=1S/C18H12F3IN4O2S/c1-25-15(10-16(24-25)18(19,20)21)12-7-8-14-13(23-12)9-17(22)26(14)29(27,28)11-5-3-2-4-6-11/h2-10H,1H3. The van der Waals surface area contributed by atoms with E-state index in [2.05, 4.69) is 10.1 Å². The van der Waals surface area contributed by atoms with Crippen molar-refractivity contribution in [2.24, 2.45) is 7.05 Å². The molecule has 29 heavy (non-hydrogen) atoms. The lowest BCUT2D eigenvalue weighted by atomic mass is 10.2. The number of fused-ring (bicyclic) bond motifs is 1. The molecule has 4 rings (SSSR count). The van der Waals surface area contributed by atoms with Crippen molar-refractivity contribution >= 4 is 43.6 Å². The lowest BCUT2D eigenvalue weighted by molar-refractivity contribution is -0.141. The van der Waals surface area contributed by atoms with Crippen LogP contribution in [-0.2, 0) is 23.2 Å². The summed E-state index contributed by atoms with van der Waals surface area (Å²) in [6, 6.07) is 13.4. The molecule has 4 aromatic rings. The molecule has 0 amide bonds. The van der Waals surface area contributed by atoms with Crippen molar-refractivity contribution in [2.45, 2.75) is 11.1 Å². The van der Waals surface area contributed by atoms with Crippen LogP contribution in [0.15, 0.2) is 59.5 Å². The second-order valence-electron chi connectivity index (χ2n) is 6.19. The third kappa shape index (κ3) is 3.41. The van der Waals surface area contributed by atoms with Gasteiger partial charge in [-0.2, -0.15) is 18.3 Å². The summed E-state index contributed by atoms with van der Waals surface area (Å²) >= 11 is 1.89. The largest absolute Gasteiger partial charge is 0.435 e. The summed E-state index contributed by atoms with van der Waals surface area (Å²) in [5, 5.41) is 3.49. The number of pyridine rings is 1. The summed E-state index contributed by atoms with van der Waals surface area (Å²) < 4.78 is 67.6. The van der Waals surface area contributed by atoms with Gasteiger partial charge in [-0.25, -0.2) is 17.4 Å². The average molecular weight is 532 g/mol. The molecular formula is C18H12F3IN4O2S. The maximum Gasteiger partial charge on any atom is 0.435 e. The summed E-state index contributed by atoms with van der Waals surface area (Å²) in [7, 11) is -2.46. The molecule has 3 heterocycles. The average Bonchev–Trinajstić information content (AvgIpc) is 3.21. The van der Waals surface area contributed by atoms with Crippen molar-refractivity contribution < 1.29 is 21.6 Å². The topological polar surface area (TPSA) is 69.8 Å². The Morgan fingerprint density at radius 1 is 1.03 bits per heavy atom. The molecular weight excluding hydrogens is 520 g/mol. The Kier molecular flexibility index (Phi) is 4.69. The smallest absolute Gasteiger partial charge is 0.266 e. The summed E-state index contributed by atoms with van der Waals surface area (Å²) in [4.78, 5) is 4.50. The summed E-state index contributed by atoms with van der Waals surface area (Å²) in [5.74, 6) is 0. The zero-order valence-corrected chi connectivity index (χ0v) is 17.7. The van der Waals surface area contributed by atoms with E-state index in [0.29, 0.717) is 14.7 Å². The molecule has 0 aliphatic carbocycles. The number of rotatable bonds is 3. The Balaban J connectivity index is 1.86. The van der Waals surface area contributed by atoms with Crippen LogP contribution in [0, 0.1) is 3.70 Å². The van der Waals surface area contributed by atoms with Crippen molar-refractivity contribution in [3.05, 3.63) is 64.0 Å². The Bertz CT molecular complexity index is 1330. The molecule has 0 N–H and O–H groups in total. The first-order valence-corrected chi connectivity index (χ1v) is 10.7. The van der Waals surface area contributed by atoms with Gasteiger partial charge in [-0.15, -0.1) is 0 Å². The maximum atomic E-state index is 13.0. The summed E-state index contributed by atoms with van der Waals surface area (Å²) in [6.07, 6.45) is -4.57. The van der Waals surface area contributed by atoms with E-state index in [1.165, 1.54) is 35.3 Å². The quantitative estimate of drug-likeness (QED) is 0.369. The van der Waals surface area contributed by atoms with Crippen LogP contribution in [0.1, 0.15) is 5.69 Å². The van der Waals surface area contributed by atoms with E-state index >= 15 is 0 Å². The third-order valence-corrected chi connectivity index (χ3v) is 7.15. The number of alkyl halides is 3. The van der Waals surface area contributed by atoms with E-state index in [1.807, 2.05) is 22.6 Å². The van der Waals surface area contributed by atoms with Crippen molar-refractivity contribution in [3.8, 4) is 11.4 Å². The van der Waals surface area contributed by atoms with Gasteiger partial charge >= 0.3 is 6.18 Å². The number of hydrogen-bond acceptors (Lipinski definition) is 4. The van der Waals surface area contributed by atoms with E-state index in [1.54, 1.807) is 24.3 Å². The lowest BCUT2D eigenvalue weighted by Gasteiger charge is -2.09. The van der Waals surface area contributed by atoms with Crippen LogP contribution < -0.4 is 0 Å². The second kappa shape index (κ2) is 6.83. The molecule has 0 bridgehead atoms. The van der Waals surface area contributed by atoms with E-state index in [-0.39, 0.29) is 16.3 Å². The van der Waals surface area contributed by atoms with E-state index in [9.17, 15) is 21.6 Å². The number of aryl methyl sites for hydroxylation is 1. The lowest BCUT2D eigenvalue weighted by Crippen LogP contribution is -2.14. The van der Waals surface area contributed by atoms with Gasteiger partial charge in [-0.05, 0) is 59.0 Å². The minimum absolute atomic E-state index is 0.126. The molecule has 0 saturated carbocycles. The minimum atomic E-state index is -4.57. The van der Waals surface area contributed by atoms with Gasteiger partial charge in [0.1, 0.15) is 0 Å². The van der Waals surface area contributed by atoms with E-state index in [0.717, 1.165) is 10.7 Å². The first kappa shape index (κ1) is 19.9. The van der Waals surface area contributed by atoms with Gasteiger partial charge in [-0.1, -0.05) is 18.2 Å². The third-order valence-electron chi connectivity index (χ3n) is 4.29. The van der Waals surface area contributed by atoms with Gasteiger partial charge in [0.25, 0.3) is 10.0 Å². The van der Waals surface area contributed by atoms with Crippen molar-refractivity contribution in [2.75, 3.05) is 0 Å². The molecule has 0 atom stereocenters. The van der Waals surface area contributed by atoms with Crippen LogP contribution in [0.3, 0.4) is 0 Å². The zero-order valence-electron chi connectivity index (χ0n) is 14.7. The highest BCUT2D eigenvalue weighted by Crippen LogP contribution is 2.32. The first-order valence-electron chi connectivity index (χ1n) is 8.19. The van der Waals surface area contributed by atoms with E-state index < -0.39 is 21.9 Å². The molecule has 0 unspecified atom stereocenters. The monoisotopic (exact) mass is 532 g/mol. The second-order valence-corrected chi connectivity index (χ2v) is 9.08. The van der Waals surface area contributed by atoms with Gasteiger partial charge < -0.3 is 0 Å². The molecule has 11 heteroatoms. The molecule has 1 aromatic carbocycles. The minimum Gasteiger partial charge on any atom is -0.266 e. The van der Waals surface area contributed by atoms with Crippen molar-refractivity contribution in [3.63, 3.8) is 0 Å². The molecule has 0 aliphatic heterocycles. The summed E-state index contributed by atoms with van der Waals surface area (Å²) in [5.41, 5.74) is 0.0960. The molecule has 0 spiro atoms. The highest BCUT2D eigenvalue weighted by molar-refractivity contribution is 14.1. The van der Waals surface area contributed by atoms with Crippen molar-refractivity contribution in [1.82, 2.24) is 18.7 Å². The molecule has 150 valence electrons. The van der Waals surface area contributed by atoms with Gasteiger partial charge in [-0.3, -0.25) is 4.68 Å². The fraction of sp³-hybridized carbons (Fsp3) is 0.111. The Labute approximate surface area is 177 Å². The Hall–Kier alpha value is -2.41. The van der Waals surface area contributed by atoms with E-state index in [4.69, 9.17) is 0 Å². The van der Waals surface area contributed by atoms with Crippen LogP contribution in [-0.4, -0.2) is 27.2 Å². The first-order chi connectivity index (χ1) is 13.6. The zero-order chi connectivity index (χ0) is 21.0. The van der Waals surface area contributed by atoms with Crippen LogP contribution in [0.25, 0.3) is 22.4 Å². The normalized spacial score (nSPS) is 12.6. The number of benzene rings is 1. The fourth-order valence-electron chi connectivity index (χ4n) is 2.96. The molecule has 0 fully saturated rings. The van der Waals surface area contributed by atoms with Crippen LogP contribution in [0.2, 0.25) is 0 Å². The number of nitrogens with zero attached hydrogens (tertiary/aromatic N) is 4. The SMILES string of the molecule is Cn1nc(C(F)(F)F)cc1-c1ccc2c(cc(I)n2S(=O)(=O)c2ccccc2)n1. The molecule has 0 radical (unpaired) electrons. The van der Waals surface area contributed by atoms with Crippen molar-refractivity contribution in [1.29, 1.82) is 0 Å². The highest BCUT2D eigenvalue weighted by atomic mass is 127. The number of hydrogen-bond donors (Lipinski definition) is 0. The highest BCUT2D eigenvalue weighted by Gasteiger charge is 2.35.